The molecule has 0 bridgehead atoms. The summed E-state index contributed by atoms with van der Waals surface area (Å²) in [6, 6.07) is 8.00. The van der Waals surface area contributed by atoms with Crippen LogP contribution in [0, 0.1) is 10.1 Å². The fourth-order valence-electron chi connectivity index (χ4n) is 4.38. The van der Waals surface area contributed by atoms with Crippen LogP contribution in [0.4, 0.5) is 5.82 Å². The average molecular weight is 439 g/mol. The van der Waals surface area contributed by atoms with E-state index in [1.54, 1.807) is 36.4 Å². The van der Waals surface area contributed by atoms with Gasteiger partial charge in [-0.15, -0.1) is 0 Å². The number of aliphatic hydroxyl groups excluding tert-OH is 1. The summed E-state index contributed by atoms with van der Waals surface area (Å²) in [4.78, 5) is 29.0. The number of fused-ring (bicyclic) bond motifs is 2. The van der Waals surface area contributed by atoms with Crippen molar-refractivity contribution in [2.45, 2.75) is 37.4 Å². The summed E-state index contributed by atoms with van der Waals surface area (Å²) in [5.41, 5.74) is -0.380. The molecule has 1 aromatic heterocycles. The number of anilines is 1. The van der Waals surface area contributed by atoms with Gasteiger partial charge in [0.25, 0.3) is 5.91 Å². The molecule has 1 aromatic carbocycles. The number of carbonyl (C=O) groups excluding carboxylic acids is 1. The first-order valence-corrected chi connectivity index (χ1v) is 9.40. The molecule has 4 atom stereocenters. The van der Waals surface area contributed by atoms with Gasteiger partial charge in [0.15, 0.2) is 0 Å². The molecule has 2 aliphatic heterocycles. The smallest absolute Gasteiger partial charge is 0.251 e. The van der Waals surface area contributed by atoms with Crippen molar-refractivity contribution in [2.75, 3.05) is 11.9 Å². The van der Waals surface area contributed by atoms with Crippen LogP contribution in [-0.4, -0.2) is 39.6 Å². The summed E-state index contributed by atoms with van der Waals surface area (Å²) >= 11 is 12.1. The van der Waals surface area contributed by atoms with Gasteiger partial charge >= 0.3 is 0 Å². The second kappa shape index (κ2) is 7.87. The molecule has 2 aromatic rings. The molecule has 4 rings (SSSR count). The second-order valence-electron chi connectivity index (χ2n) is 6.86. The molecule has 0 radical (unpaired) electrons. The lowest BCUT2D eigenvalue weighted by Gasteiger charge is -2.29. The molecule has 8 nitrogen and oxygen atoms in total. The minimum absolute atomic E-state index is 0. The Hall–Kier alpha value is -2.26. The molecule has 29 heavy (non-hydrogen) atoms. The zero-order valence-electron chi connectivity index (χ0n) is 14.4. The van der Waals surface area contributed by atoms with Crippen LogP contribution in [0.5, 0.6) is 0 Å². The van der Waals surface area contributed by atoms with E-state index in [0.29, 0.717) is 16.1 Å². The molecule has 1 saturated heterocycles. The third-order valence-corrected chi connectivity index (χ3v) is 5.85. The Morgan fingerprint density at radius 3 is 2.69 bits per heavy atom. The maximum Gasteiger partial charge on any atom is 0.251 e. The number of rotatable bonds is 4. The number of nitrogens with zero attached hydrogens (tertiary/aromatic N) is 2. The van der Waals surface area contributed by atoms with E-state index in [1.807, 2.05) is 0 Å². The molecule has 154 valence electrons. The standard InChI is InChI=1S/C18H16Cl2N4O4.CH4/c19-10-3-1-2-9(8-10)14-15(24(27)28)12(6-7-25)23-18(14)11-4-5-13(20)21-16(11)22-17(18)26;/h1-5,8,12,14-15,23,25H,6-7H2,(H,21,22,26);1H4/t12-,14-,15+,18+;/m0./s1. The molecule has 1 amide bonds. The van der Waals surface area contributed by atoms with Crippen LogP contribution in [0.3, 0.4) is 0 Å². The summed E-state index contributed by atoms with van der Waals surface area (Å²) in [7, 11) is 0. The molecule has 10 heteroatoms. The van der Waals surface area contributed by atoms with E-state index in [0.717, 1.165) is 0 Å². The molecule has 2 aliphatic rings. The Morgan fingerprint density at radius 1 is 1.28 bits per heavy atom. The van der Waals surface area contributed by atoms with Gasteiger partial charge in [-0.3, -0.25) is 20.2 Å². The van der Waals surface area contributed by atoms with Gasteiger partial charge in [0.05, 0.1) is 12.0 Å². The lowest BCUT2D eigenvalue weighted by molar-refractivity contribution is -0.527. The van der Waals surface area contributed by atoms with E-state index in [1.165, 1.54) is 0 Å². The minimum atomic E-state index is -1.42. The average Bonchev–Trinajstić information content (AvgIpc) is 3.11. The zero-order chi connectivity index (χ0) is 20.1. The minimum Gasteiger partial charge on any atom is -0.396 e. The number of hydrogen-bond acceptors (Lipinski definition) is 6. The first-order valence-electron chi connectivity index (χ1n) is 8.64. The number of carbonyl (C=O) groups is 1. The number of pyridine rings is 1. The number of aromatic nitrogens is 1. The largest absolute Gasteiger partial charge is 0.396 e. The van der Waals surface area contributed by atoms with Crippen LogP contribution in [0.25, 0.3) is 0 Å². The van der Waals surface area contributed by atoms with Gasteiger partial charge in [-0.2, -0.15) is 0 Å². The van der Waals surface area contributed by atoms with E-state index in [9.17, 15) is 20.0 Å². The molecular weight excluding hydrogens is 419 g/mol. The SMILES string of the molecule is C.O=C1Nc2nc(Cl)ccc2[C@]12N[C@@H](CCO)[C@@H]([N+](=O)[O-])[C@@H]2c1cccc(Cl)c1. The Morgan fingerprint density at radius 2 is 2.03 bits per heavy atom. The molecule has 0 unspecified atom stereocenters. The normalized spacial score (nSPS) is 27.4. The van der Waals surface area contributed by atoms with Crippen LogP contribution in [-0.2, 0) is 10.3 Å². The highest BCUT2D eigenvalue weighted by molar-refractivity contribution is 6.30. The number of nitro groups is 1. The third-order valence-electron chi connectivity index (χ3n) is 5.40. The molecule has 1 spiro atoms. The maximum absolute atomic E-state index is 13.2. The Labute approximate surface area is 177 Å². The van der Waals surface area contributed by atoms with E-state index in [-0.39, 0.29) is 31.4 Å². The van der Waals surface area contributed by atoms with Crippen molar-refractivity contribution in [3.63, 3.8) is 0 Å². The van der Waals surface area contributed by atoms with Crippen LogP contribution in [0.2, 0.25) is 10.2 Å². The van der Waals surface area contributed by atoms with Gasteiger partial charge in [-0.25, -0.2) is 4.98 Å². The molecule has 0 saturated carbocycles. The van der Waals surface area contributed by atoms with Crippen LogP contribution >= 0.6 is 23.2 Å². The molecule has 3 heterocycles. The van der Waals surface area contributed by atoms with Crippen molar-refractivity contribution >= 4 is 34.9 Å². The predicted molar refractivity (Wildman–Crippen MR) is 110 cm³/mol. The van der Waals surface area contributed by atoms with E-state index in [4.69, 9.17) is 23.2 Å². The Kier molecular flexibility index (Phi) is 5.82. The number of hydrogen-bond donors (Lipinski definition) is 3. The van der Waals surface area contributed by atoms with Gasteiger partial charge in [0.2, 0.25) is 6.04 Å². The molecule has 0 aliphatic carbocycles. The fraction of sp³-hybridized carbons (Fsp3) is 0.368. The summed E-state index contributed by atoms with van der Waals surface area (Å²) in [6.07, 6.45) is 0.119. The van der Waals surface area contributed by atoms with E-state index in [2.05, 4.69) is 15.6 Å². The number of amides is 1. The zero-order valence-corrected chi connectivity index (χ0v) is 15.9. The van der Waals surface area contributed by atoms with Gasteiger partial charge < -0.3 is 10.4 Å². The van der Waals surface area contributed by atoms with Crippen molar-refractivity contribution < 1.29 is 14.8 Å². The van der Waals surface area contributed by atoms with Gasteiger partial charge in [-0.1, -0.05) is 42.8 Å². The van der Waals surface area contributed by atoms with E-state index < -0.39 is 34.4 Å². The number of benzene rings is 1. The summed E-state index contributed by atoms with van der Waals surface area (Å²) < 4.78 is 0. The lowest BCUT2D eigenvalue weighted by atomic mass is 9.74. The summed E-state index contributed by atoms with van der Waals surface area (Å²) in [5.74, 6) is -1.04. The Bertz CT molecular complexity index is 973. The monoisotopic (exact) mass is 438 g/mol. The Balaban J connectivity index is 0.00000240. The number of aliphatic hydroxyl groups is 1. The quantitative estimate of drug-likeness (QED) is 0.383. The van der Waals surface area contributed by atoms with Crippen molar-refractivity contribution in [1.82, 2.24) is 10.3 Å². The first-order chi connectivity index (χ1) is 13.4. The van der Waals surface area contributed by atoms with Gasteiger partial charge in [0, 0.05) is 22.1 Å². The highest BCUT2D eigenvalue weighted by Gasteiger charge is 2.66. The third kappa shape index (κ3) is 3.26. The fourth-order valence-corrected chi connectivity index (χ4v) is 4.73. The number of halogens is 2. The second-order valence-corrected chi connectivity index (χ2v) is 7.69. The summed E-state index contributed by atoms with van der Waals surface area (Å²) in [5, 5.41) is 27.9. The lowest BCUT2D eigenvalue weighted by Crippen LogP contribution is -2.49. The molecular formula is C19H20Cl2N4O4. The maximum atomic E-state index is 13.2. The van der Waals surface area contributed by atoms with Gasteiger partial charge in [-0.05, 0) is 36.2 Å². The summed E-state index contributed by atoms with van der Waals surface area (Å²) in [6.45, 7) is -0.256. The van der Waals surface area contributed by atoms with Crippen LogP contribution in [0.15, 0.2) is 36.4 Å². The first kappa shape index (κ1) is 21.4. The van der Waals surface area contributed by atoms with Gasteiger partial charge in [0.1, 0.15) is 16.5 Å². The van der Waals surface area contributed by atoms with Crippen molar-refractivity contribution in [1.29, 1.82) is 0 Å². The van der Waals surface area contributed by atoms with Crippen molar-refractivity contribution in [3.05, 3.63) is 67.8 Å². The molecule has 3 N–H and O–H groups in total. The highest BCUT2D eigenvalue weighted by Crippen LogP contribution is 2.52. The predicted octanol–water partition coefficient (Wildman–Crippen LogP) is 2.96. The van der Waals surface area contributed by atoms with Crippen LogP contribution < -0.4 is 10.6 Å². The van der Waals surface area contributed by atoms with Crippen LogP contribution in [0.1, 0.15) is 30.9 Å². The highest BCUT2D eigenvalue weighted by atomic mass is 35.5. The van der Waals surface area contributed by atoms with Crippen molar-refractivity contribution in [3.8, 4) is 0 Å². The molecule has 1 fully saturated rings. The number of nitrogens with one attached hydrogen (secondary N) is 2. The topological polar surface area (TPSA) is 117 Å². The van der Waals surface area contributed by atoms with E-state index >= 15 is 0 Å². The van der Waals surface area contributed by atoms with Crippen molar-refractivity contribution in [2.24, 2.45) is 0 Å².